The van der Waals surface area contributed by atoms with Gasteiger partial charge in [0.25, 0.3) is 5.91 Å². The molecule has 6 nitrogen and oxygen atoms in total. The minimum Gasteiger partial charge on any atom is -0.493 e. The SMILES string of the molecule is CCOc1ccc(C(=O)N2CCN(C(=O)CCC3CCCCC3)CC2)cc1OC. The molecule has 1 aliphatic carbocycles. The van der Waals surface area contributed by atoms with Gasteiger partial charge in [-0.3, -0.25) is 9.59 Å². The van der Waals surface area contributed by atoms with Crippen LogP contribution in [0.1, 0.15) is 62.2 Å². The third-order valence-electron chi connectivity index (χ3n) is 6.12. The molecule has 0 N–H and O–H groups in total. The molecule has 0 bridgehead atoms. The molecule has 3 rings (SSSR count). The van der Waals surface area contributed by atoms with Gasteiger partial charge in [-0.2, -0.15) is 0 Å². The first kappa shape index (κ1) is 21.5. The number of hydrogen-bond donors (Lipinski definition) is 0. The molecule has 0 radical (unpaired) electrons. The molecule has 2 amide bonds. The molecule has 1 heterocycles. The normalized spacial score (nSPS) is 17.9. The van der Waals surface area contributed by atoms with E-state index >= 15 is 0 Å². The van der Waals surface area contributed by atoms with Gasteiger partial charge in [0.1, 0.15) is 0 Å². The highest BCUT2D eigenvalue weighted by Gasteiger charge is 2.26. The molecule has 1 saturated heterocycles. The second-order valence-electron chi connectivity index (χ2n) is 8.01. The maximum atomic E-state index is 12.9. The third-order valence-corrected chi connectivity index (χ3v) is 6.12. The van der Waals surface area contributed by atoms with E-state index in [2.05, 4.69) is 0 Å². The quantitative estimate of drug-likeness (QED) is 0.697. The highest BCUT2D eigenvalue weighted by molar-refractivity contribution is 5.95. The molecule has 0 spiro atoms. The van der Waals surface area contributed by atoms with Crippen molar-refractivity contribution in [1.82, 2.24) is 9.80 Å². The Hall–Kier alpha value is -2.24. The Morgan fingerprint density at radius 3 is 2.34 bits per heavy atom. The number of methoxy groups -OCH3 is 1. The van der Waals surface area contributed by atoms with Crippen LogP contribution in [0.5, 0.6) is 11.5 Å². The van der Waals surface area contributed by atoms with Gasteiger partial charge in [-0.15, -0.1) is 0 Å². The van der Waals surface area contributed by atoms with E-state index in [4.69, 9.17) is 9.47 Å². The third kappa shape index (κ3) is 5.64. The van der Waals surface area contributed by atoms with Crippen molar-refractivity contribution in [2.75, 3.05) is 39.9 Å². The fraction of sp³-hybridized carbons (Fsp3) is 0.652. The number of carbonyl (C=O) groups is 2. The Morgan fingerprint density at radius 2 is 1.69 bits per heavy atom. The van der Waals surface area contributed by atoms with Gasteiger partial charge in [0.2, 0.25) is 5.91 Å². The van der Waals surface area contributed by atoms with Crippen LogP contribution in [-0.4, -0.2) is 61.5 Å². The van der Waals surface area contributed by atoms with Crippen LogP contribution in [0.25, 0.3) is 0 Å². The molecular weight excluding hydrogens is 368 g/mol. The van der Waals surface area contributed by atoms with Gasteiger partial charge >= 0.3 is 0 Å². The van der Waals surface area contributed by atoms with E-state index < -0.39 is 0 Å². The van der Waals surface area contributed by atoms with Crippen LogP contribution < -0.4 is 9.47 Å². The Balaban J connectivity index is 1.49. The van der Waals surface area contributed by atoms with Crippen molar-refractivity contribution in [3.8, 4) is 11.5 Å². The summed E-state index contributed by atoms with van der Waals surface area (Å²) in [5.41, 5.74) is 0.586. The predicted octanol–water partition coefficient (Wildman–Crippen LogP) is 3.74. The Bertz CT molecular complexity index is 692. The molecule has 2 aliphatic rings. The highest BCUT2D eigenvalue weighted by atomic mass is 16.5. The van der Waals surface area contributed by atoms with E-state index in [1.165, 1.54) is 32.1 Å². The van der Waals surface area contributed by atoms with Crippen LogP contribution in [0.2, 0.25) is 0 Å². The number of carbonyl (C=O) groups excluding carboxylic acids is 2. The smallest absolute Gasteiger partial charge is 0.254 e. The summed E-state index contributed by atoms with van der Waals surface area (Å²) in [6, 6.07) is 5.28. The predicted molar refractivity (Wildman–Crippen MR) is 112 cm³/mol. The molecule has 29 heavy (non-hydrogen) atoms. The standard InChI is InChI=1S/C23H34N2O4/c1-3-29-20-11-10-19(17-21(20)28-2)23(27)25-15-13-24(14-16-25)22(26)12-9-18-7-5-4-6-8-18/h10-11,17-18H,3-9,12-16H2,1-2H3. The fourth-order valence-electron chi connectivity index (χ4n) is 4.38. The van der Waals surface area contributed by atoms with Crippen LogP contribution >= 0.6 is 0 Å². The molecule has 6 heteroatoms. The highest BCUT2D eigenvalue weighted by Crippen LogP contribution is 2.29. The number of piperazine rings is 1. The first-order chi connectivity index (χ1) is 14.1. The average Bonchev–Trinajstić information content (AvgIpc) is 2.78. The van der Waals surface area contributed by atoms with Crippen LogP contribution in [0.4, 0.5) is 0 Å². The molecule has 160 valence electrons. The number of amides is 2. The summed E-state index contributed by atoms with van der Waals surface area (Å²) in [4.78, 5) is 29.2. The average molecular weight is 403 g/mol. The van der Waals surface area contributed by atoms with E-state index in [0.717, 1.165) is 12.3 Å². The molecule has 0 aromatic heterocycles. The van der Waals surface area contributed by atoms with Gasteiger partial charge in [-0.05, 0) is 37.5 Å². The van der Waals surface area contributed by atoms with Gasteiger partial charge in [-0.25, -0.2) is 0 Å². The Kier molecular flexibility index (Phi) is 7.78. The van der Waals surface area contributed by atoms with Crippen LogP contribution in [0, 0.1) is 5.92 Å². The number of benzene rings is 1. The molecule has 0 unspecified atom stereocenters. The second-order valence-corrected chi connectivity index (χ2v) is 8.01. The molecular formula is C23H34N2O4. The van der Waals surface area contributed by atoms with Crippen molar-refractivity contribution >= 4 is 11.8 Å². The number of nitrogens with zero attached hydrogens (tertiary/aromatic N) is 2. The van der Waals surface area contributed by atoms with Gasteiger partial charge in [0.15, 0.2) is 11.5 Å². The lowest BCUT2D eigenvalue weighted by atomic mass is 9.86. The summed E-state index contributed by atoms with van der Waals surface area (Å²) >= 11 is 0. The lowest BCUT2D eigenvalue weighted by molar-refractivity contribution is -0.133. The lowest BCUT2D eigenvalue weighted by Gasteiger charge is -2.35. The van der Waals surface area contributed by atoms with Gasteiger partial charge in [0, 0.05) is 38.2 Å². The van der Waals surface area contributed by atoms with Crippen molar-refractivity contribution in [3.63, 3.8) is 0 Å². The van der Waals surface area contributed by atoms with Crippen LogP contribution in [-0.2, 0) is 4.79 Å². The van der Waals surface area contributed by atoms with Crippen LogP contribution in [0.3, 0.4) is 0 Å². The maximum Gasteiger partial charge on any atom is 0.254 e. The van der Waals surface area contributed by atoms with Crippen molar-refractivity contribution < 1.29 is 19.1 Å². The second kappa shape index (κ2) is 10.5. The van der Waals surface area contributed by atoms with Crippen LogP contribution in [0.15, 0.2) is 18.2 Å². The Labute approximate surface area is 174 Å². The summed E-state index contributed by atoms with van der Waals surface area (Å²) in [5.74, 6) is 2.14. The molecule has 1 aliphatic heterocycles. The molecule has 1 saturated carbocycles. The minimum absolute atomic E-state index is 0.0272. The monoisotopic (exact) mass is 402 g/mol. The van der Waals surface area contributed by atoms with Crippen molar-refractivity contribution in [2.24, 2.45) is 5.92 Å². The van der Waals surface area contributed by atoms with E-state index in [1.807, 2.05) is 16.7 Å². The summed E-state index contributed by atoms with van der Waals surface area (Å²) in [5, 5.41) is 0. The van der Waals surface area contributed by atoms with E-state index in [9.17, 15) is 9.59 Å². The number of ether oxygens (including phenoxy) is 2. The van der Waals surface area contributed by atoms with E-state index in [0.29, 0.717) is 56.3 Å². The zero-order chi connectivity index (χ0) is 20.6. The summed E-state index contributed by atoms with van der Waals surface area (Å²) in [7, 11) is 1.57. The first-order valence-electron chi connectivity index (χ1n) is 11.0. The van der Waals surface area contributed by atoms with Crippen molar-refractivity contribution in [2.45, 2.75) is 51.9 Å². The van der Waals surface area contributed by atoms with Crippen molar-refractivity contribution in [3.05, 3.63) is 23.8 Å². The topological polar surface area (TPSA) is 59.1 Å². The largest absolute Gasteiger partial charge is 0.493 e. The van der Waals surface area contributed by atoms with Crippen molar-refractivity contribution in [1.29, 1.82) is 0 Å². The fourth-order valence-corrected chi connectivity index (χ4v) is 4.38. The first-order valence-corrected chi connectivity index (χ1v) is 11.0. The molecule has 0 atom stereocenters. The van der Waals surface area contributed by atoms with E-state index in [-0.39, 0.29) is 11.8 Å². The summed E-state index contributed by atoms with van der Waals surface area (Å²) < 4.78 is 10.9. The Morgan fingerprint density at radius 1 is 1.00 bits per heavy atom. The molecule has 1 aromatic rings. The van der Waals surface area contributed by atoms with Gasteiger partial charge in [0.05, 0.1) is 13.7 Å². The number of rotatable bonds is 7. The molecule has 2 fully saturated rings. The molecule has 1 aromatic carbocycles. The maximum absolute atomic E-state index is 12.9. The zero-order valence-electron chi connectivity index (χ0n) is 17.8. The van der Waals surface area contributed by atoms with Gasteiger partial charge in [-0.1, -0.05) is 32.1 Å². The summed E-state index contributed by atoms with van der Waals surface area (Å²) in [6.45, 7) is 4.83. The number of hydrogen-bond acceptors (Lipinski definition) is 4. The minimum atomic E-state index is -0.0272. The summed E-state index contributed by atoms with van der Waals surface area (Å²) in [6.07, 6.45) is 8.20. The zero-order valence-corrected chi connectivity index (χ0v) is 17.8. The van der Waals surface area contributed by atoms with E-state index in [1.54, 1.807) is 25.3 Å². The lowest BCUT2D eigenvalue weighted by Crippen LogP contribution is -2.50. The van der Waals surface area contributed by atoms with Gasteiger partial charge < -0.3 is 19.3 Å².